The largest absolute Gasteiger partial charge is 1.00 e. The predicted molar refractivity (Wildman–Crippen MR) is 119 cm³/mol. The molecular weight excluding hydrogens is 435 g/mol. The number of carboxylic acids is 1. The van der Waals surface area contributed by atoms with Crippen molar-refractivity contribution in [2.75, 3.05) is 26.4 Å². The standard InChI is InChI=1S/C24H36N2O7.Li/c1-24(2,3)33-23(29)26-18-8-6-12-25-19(18)14-30-16-10-11-21(31-13-16)17-7-4-5-9-20(17)32-15-22(27)28;/h4-5,7,9,16,18-19,21,25H,6,8,10-15H2,1-3H3,(H,26,29)(H,27,28);/q;+1/p-1/t16-,18?,19?,21-;/m1./s1. The number of carbonyl (C=O) groups excluding carboxylic acids is 2. The van der Waals surface area contributed by atoms with Gasteiger partial charge in [0.05, 0.1) is 37.4 Å². The van der Waals surface area contributed by atoms with E-state index in [0.29, 0.717) is 19.0 Å². The Morgan fingerprint density at radius 3 is 2.65 bits per heavy atom. The van der Waals surface area contributed by atoms with Gasteiger partial charge in [-0.3, -0.25) is 0 Å². The van der Waals surface area contributed by atoms with Gasteiger partial charge in [-0.15, -0.1) is 0 Å². The van der Waals surface area contributed by atoms with Crippen LogP contribution in [-0.4, -0.2) is 62.2 Å². The molecule has 0 radical (unpaired) electrons. The quantitative estimate of drug-likeness (QED) is 0.451. The summed E-state index contributed by atoms with van der Waals surface area (Å²) in [6.45, 7) is 6.80. The molecule has 4 atom stereocenters. The zero-order valence-corrected chi connectivity index (χ0v) is 20.6. The fraction of sp³-hybridized carbons (Fsp3) is 0.667. The van der Waals surface area contributed by atoms with Crippen LogP contribution in [0.2, 0.25) is 0 Å². The van der Waals surface area contributed by atoms with E-state index in [-0.39, 0.29) is 43.2 Å². The number of carbonyl (C=O) groups is 2. The Kier molecular flexibility index (Phi) is 11.2. The molecule has 10 heteroatoms. The van der Waals surface area contributed by atoms with Gasteiger partial charge in [0.1, 0.15) is 18.0 Å². The van der Waals surface area contributed by atoms with Gasteiger partial charge >= 0.3 is 25.0 Å². The molecule has 0 spiro atoms. The summed E-state index contributed by atoms with van der Waals surface area (Å²) >= 11 is 0. The number of hydrogen-bond acceptors (Lipinski definition) is 8. The summed E-state index contributed by atoms with van der Waals surface area (Å²) in [5.74, 6) is -0.771. The van der Waals surface area contributed by atoms with E-state index < -0.39 is 24.3 Å². The van der Waals surface area contributed by atoms with Gasteiger partial charge in [-0.2, -0.15) is 0 Å². The fourth-order valence-corrected chi connectivity index (χ4v) is 4.12. The second-order valence-corrected chi connectivity index (χ2v) is 9.51. The van der Waals surface area contributed by atoms with Crippen molar-refractivity contribution in [3.05, 3.63) is 29.8 Å². The molecule has 0 aliphatic carbocycles. The zero-order chi connectivity index (χ0) is 23.8. The molecule has 1 amide bonds. The van der Waals surface area contributed by atoms with Crippen molar-refractivity contribution in [2.45, 2.75) is 76.3 Å². The monoisotopic (exact) mass is 470 g/mol. The van der Waals surface area contributed by atoms with Crippen LogP contribution < -0.4 is 39.3 Å². The Morgan fingerprint density at radius 1 is 1.21 bits per heavy atom. The third-order valence-corrected chi connectivity index (χ3v) is 5.64. The molecule has 34 heavy (non-hydrogen) atoms. The molecule has 0 saturated carbocycles. The molecule has 2 saturated heterocycles. The number of ether oxygens (including phenoxy) is 4. The normalized spacial score (nSPS) is 25.0. The third-order valence-electron chi connectivity index (χ3n) is 5.64. The molecule has 0 aromatic heterocycles. The van der Waals surface area contributed by atoms with E-state index in [0.717, 1.165) is 37.8 Å². The first-order chi connectivity index (χ1) is 15.7. The molecule has 2 N–H and O–H groups in total. The van der Waals surface area contributed by atoms with Gasteiger partial charge < -0.3 is 39.5 Å². The van der Waals surface area contributed by atoms with Crippen molar-refractivity contribution in [1.82, 2.24) is 10.6 Å². The van der Waals surface area contributed by atoms with Crippen molar-refractivity contribution in [3.63, 3.8) is 0 Å². The topological polar surface area (TPSA) is 118 Å². The maximum Gasteiger partial charge on any atom is 1.00 e. The van der Waals surface area contributed by atoms with Gasteiger partial charge in [-0.25, -0.2) is 4.79 Å². The number of amides is 1. The number of benzene rings is 1. The zero-order valence-electron chi connectivity index (χ0n) is 20.6. The fourth-order valence-electron chi connectivity index (χ4n) is 4.12. The van der Waals surface area contributed by atoms with Crippen LogP contribution in [0.3, 0.4) is 0 Å². The second kappa shape index (κ2) is 13.4. The maximum atomic E-state index is 12.2. The van der Waals surface area contributed by atoms with Crippen molar-refractivity contribution >= 4 is 12.1 Å². The summed E-state index contributed by atoms with van der Waals surface area (Å²) in [5, 5.41) is 17.1. The Hall–Kier alpha value is -1.76. The smallest absolute Gasteiger partial charge is 0.546 e. The van der Waals surface area contributed by atoms with E-state index in [4.69, 9.17) is 18.9 Å². The van der Waals surface area contributed by atoms with Crippen LogP contribution in [0, 0.1) is 0 Å². The van der Waals surface area contributed by atoms with E-state index >= 15 is 0 Å². The number of rotatable bonds is 8. The molecule has 2 unspecified atom stereocenters. The van der Waals surface area contributed by atoms with E-state index in [1.807, 2.05) is 32.9 Å². The molecule has 1 aromatic rings. The van der Waals surface area contributed by atoms with E-state index in [2.05, 4.69) is 10.6 Å². The summed E-state index contributed by atoms with van der Waals surface area (Å²) in [6.07, 6.45) is 2.73. The maximum absolute atomic E-state index is 12.2. The van der Waals surface area contributed by atoms with Gasteiger partial charge in [0.15, 0.2) is 0 Å². The molecule has 2 aliphatic heterocycles. The predicted octanol–water partition coefficient (Wildman–Crippen LogP) is -1.30. The number of piperidine rings is 1. The number of nitrogens with one attached hydrogen (secondary N) is 2. The van der Waals surface area contributed by atoms with Gasteiger partial charge in [0, 0.05) is 11.6 Å². The van der Waals surface area contributed by atoms with E-state index in [1.165, 1.54) is 0 Å². The van der Waals surface area contributed by atoms with Crippen molar-refractivity contribution in [1.29, 1.82) is 0 Å². The van der Waals surface area contributed by atoms with Gasteiger partial charge in [0.2, 0.25) is 0 Å². The van der Waals surface area contributed by atoms with Gasteiger partial charge in [0.25, 0.3) is 0 Å². The van der Waals surface area contributed by atoms with E-state index in [1.54, 1.807) is 12.1 Å². The summed E-state index contributed by atoms with van der Waals surface area (Å²) in [4.78, 5) is 22.9. The minimum absolute atomic E-state index is 0. The number of carboxylic acid groups (broad SMARTS) is 1. The molecular formula is C24H35LiN2O7. The number of para-hydroxylation sites is 1. The average molecular weight is 470 g/mol. The first-order valence-electron chi connectivity index (χ1n) is 11.6. The van der Waals surface area contributed by atoms with Crippen molar-refractivity contribution < 1.29 is 52.5 Å². The number of alkyl carbamates (subject to hydrolysis) is 1. The summed E-state index contributed by atoms with van der Waals surface area (Å²) in [6, 6.07) is 7.23. The molecule has 2 fully saturated rings. The number of aliphatic carboxylic acids is 1. The Morgan fingerprint density at radius 2 is 1.97 bits per heavy atom. The Labute approximate surface area is 213 Å². The SMILES string of the molecule is CC(C)(C)OC(=O)NC1CCCNC1CO[C@@H]1CC[C@H](c2ccccc2OCC(=O)[O-])OC1.[Li+]. The van der Waals surface area contributed by atoms with Crippen LogP contribution in [-0.2, 0) is 19.0 Å². The van der Waals surface area contributed by atoms with Crippen molar-refractivity contribution in [2.24, 2.45) is 0 Å². The van der Waals surface area contributed by atoms with Crippen LogP contribution in [0.4, 0.5) is 4.79 Å². The minimum atomic E-state index is -1.27. The number of hydrogen-bond donors (Lipinski definition) is 2. The summed E-state index contributed by atoms with van der Waals surface area (Å²) in [7, 11) is 0. The molecule has 3 rings (SSSR count). The first-order valence-corrected chi connectivity index (χ1v) is 11.6. The molecule has 2 heterocycles. The Bertz CT molecular complexity index is 794. The molecule has 0 bridgehead atoms. The van der Waals surface area contributed by atoms with E-state index in [9.17, 15) is 14.7 Å². The van der Waals surface area contributed by atoms with Crippen LogP contribution >= 0.6 is 0 Å². The summed E-state index contributed by atoms with van der Waals surface area (Å²) in [5.41, 5.74) is 0.287. The summed E-state index contributed by atoms with van der Waals surface area (Å²) < 4.78 is 22.9. The van der Waals surface area contributed by atoms with Gasteiger partial charge in [-0.1, -0.05) is 18.2 Å². The van der Waals surface area contributed by atoms with Crippen LogP contribution in [0.25, 0.3) is 0 Å². The van der Waals surface area contributed by atoms with Gasteiger partial charge in [-0.05, 0) is 59.1 Å². The van der Waals surface area contributed by atoms with Crippen LogP contribution in [0.15, 0.2) is 24.3 Å². The van der Waals surface area contributed by atoms with Crippen molar-refractivity contribution in [3.8, 4) is 5.75 Å². The molecule has 184 valence electrons. The first kappa shape index (κ1) is 28.5. The molecule has 1 aromatic carbocycles. The molecule has 9 nitrogen and oxygen atoms in total. The second-order valence-electron chi connectivity index (χ2n) is 9.51. The molecule has 2 aliphatic rings. The average Bonchev–Trinajstić information content (AvgIpc) is 2.76. The Balaban J connectivity index is 0.00000408. The van der Waals surface area contributed by atoms with Crippen LogP contribution in [0.5, 0.6) is 5.75 Å². The minimum Gasteiger partial charge on any atom is -0.546 e. The van der Waals surface area contributed by atoms with Crippen LogP contribution in [0.1, 0.15) is 58.1 Å². The third kappa shape index (κ3) is 9.12.